The Hall–Kier alpha value is -3.59. The Morgan fingerprint density at radius 1 is 0.909 bits per heavy atom. The number of amides is 1. The molecule has 1 fully saturated rings. The maximum Gasteiger partial charge on any atom is 0.264 e. The van der Waals surface area contributed by atoms with Gasteiger partial charge < -0.3 is 14.5 Å². The second-order valence-corrected chi connectivity index (χ2v) is 9.22. The quantitative estimate of drug-likeness (QED) is 0.597. The SMILES string of the molecule is COc1ccccc1N1CCN(C(=O)c2ccc(NS(=O)(=O)c3ccccc3F)cc2)CC1. The molecule has 0 spiro atoms. The first-order chi connectivity index (χ1) is 15.9. The topological polar surface area (TPSA) is 79.0 Å². The summed E-state index contributed by atoms with van der Waals surface area (Å²) in [5, 5.41) is 0. The molecule has 1 saturated heterocycles. The number of nitrogens with zero attached hydrogens (tertiary/aromatic N) is 2. The van der Waals surface area contributed by atoms with Gasteiger partial charge in [0.1, 0.15) is 16.5 Å². The van der Waals surface area contributed by atoms with Gasteiger partial charge in [-0.3, -0.25) is 9.52 Å². The van der Waals surface area contributed by atoms with Crippen molar-refractivity contribution in [1.29, 1.82) is 0 Å². The van der Waals surface area contributed by atoms with Crippen molar-refractivity contribution in [3.63, 3.8) is 0 Å². The third-order valence-electron chi connectivity index (χ3n) is 5.50. The number of nitrogens with one attached hydrogen (secondary N) is 1. The summed E-state index contributed by atoms with van der Waals surface area (Å²) in [4.78, 5) is 16.4. The lowest BCUT2D eigenvalue weighted by Gasteiger charge is -2.36. The summed E-state index contributed by atoms with van der Waals surface area (Å²) in [7, 11) is -2.43. The summed E-state index contributed by atoms with van der Waals surface area (Å²) in [5.74, 6) is -0.159. The van der Waals surface area contributed by atoms with E-state index in [0.29, 0.717) is 31.7 Å². The third-order valence-corrected chi connectivity index (χ3v) is 6.92. The van der Waals surface area contributed by atoms with Crippen LogP contribution in [0.25, 0.3) is 0 Å². The zero-order valence-corrected chi connectivity index (χ0v) is 18.9. The molecule has 3 aromatic carbocycles. The van der Waals surface area contributed by atoms with Gasteiger partial charge in [0.05, 0.1) is 12.8 Å². The van der Waals surface area contributed by atoms with Gasteiger partial charge >= 0.3 is 0 Å². The molecule has 1 aliphatic heterocycles. The smallest absolute Gasteiger partial charge is 0.264 e. The van der Waals surface area contributed by atoms with Gasteiger partial charge in [-0.05, 0) is 48.5 Å². The molecule has 0 atom stereocenters. The molecular formula is C24H24FN3O4S. The van der Waals surface area contributed by atoms with Crippen LogP contribution in [-0.2, 0) is 10.0 Å². The zero-order valence-electron chi connectivity index (χ0n) is 18.1. The highest BCUT2D eigenvalue weighted by Gasteiger charge is 2.24. The van der Waals surface area contributed by atoms with E-state index in [1.807, 2.05) is 24.3 Å². The van der Waals surface area contributed by atoms with Crippen molar-refractivity contribution < 1.29 is 22.3 Å². The van der Waals surface area contributed by atoms with Crippen LogP contribution in [-0.4, -0.2) is 52.5 Å². The van der Waals surface area contributed by atoms with Gasteiger partial charge in [0.2, 0.25) is 0 Å². The summed E-state index contributed by atoms with van der Waals surface area (Å²) < 4.78 is 46.5. The molecule has 0 aliphatic carbocycles. The highest BCUT2D eigenvalue weighted by molar-refractivity contribution is 7.92. The number of sulfonamides is 1. The average molecular weight is 470 g/mol. The average Bonchev–Trinajstić information content (AvgIpc) is 2.84. The van der Waals surface area contributed by atoms with E-state index in [9.17, 15) is 17.6 Å². The molecule has 172 valence electrons. The molecule has 0 bridgehead atoms. The second-order valence-electron chi connectivity index (χ2n) is 7.56. The Morgan fingerprint density at radius 2 is 1.55 bits per heavy atom. The van der Waals surface area contributed by atoms with Crippen molar-refractivity contribution >= 4 is 27.3 Å². The number of halogens is 1. The van der Waals surface area contributed by atoms with Gasteiger partial charge in [0.15, 0.2) is 0 Å². The summed E-state index contributed by atoms with van der Waals surface area (Å²) in [5.41, 5.74) is 1.70. The highest BCUT2D eigenvalue weighted by Crippen LogP contribution is 2.28. The number of para-hydroxylation sites is 2. The number of hydrogen-bond acceptors (Lipinski definition) is 5. The Kier molecular flexibility index (Phi) is 6.50. The fourth-order valence-electron chi connectivity index (χ4n) is 3.78. The summed E-state index contributed by atoms with van der Waals surface area (Å²) >= 11 is 0. The molecular weight excluding hydrogens is 445 g/mol. The first-order valence-corrected chi connectivity index (χ1v) is 11.9. The van der Waals surface area contributed by atoms with Crippen molar-refractivity contribution in [2.45, 2.75) is 4.90 Å². The predicted octanol–water partition coefficient (Wildman–Crippen LogP) is 3.60. The minimum Gasteiger partial charge on any atom is -0.495 e. The summed E-state index contributed by atoms with van der Waals surface area (Å²) in [6.07, 6.45) is 0. The van der Waals surface area contributed by atoms with E-state index in [1.54, 1.807) is 24.1 Å². The van der Waals surface area contributed by atoms with Crippen molar-refractivity contribution in [2.24, 2.45) is 0 Å². The Balaban J connectivity index is 1.39. The van der Waals surface area contributed by atoms with Crippen LogP contribution in [0, 0.1) is 5.82 Å². The van der Waals surface area contributed by atoms with Crippen LogP contribution in [0.4, 0.5) is 15.8 Å². The van der Waals surface area contributed by atoms with Crippen molar-refractivity contribution in [3.05, 3.63) is 84.2 Å². The maximum absolute atomic E-state index is 13.9. The number of piperazine rings is 1. The Labute approximate surface area is 192 Å². The van der Waals surface area contributed by atoms with Gasteiger partial charge in [-0.25, -0.2) is 12.8 Å². The minimum absolute atomic E-state index is 0.127. The first kappa shape index (κ1) is 22.6. The van der Waals surface area contributed by atoms with Crippen LogP contribution in [0.3, 0.4) is 0 Å². The van der Waals surface area contributed by atoms with E-state index >= 15 is 0 Å². The van der Waals surface area contributed by atoms with Gasteiger partial charge in [-0.2, -0.15) is 0 Å². The molecule has 3 aromatic rings. The van der Waals surface area contributed by atoms with Crippen LogP contribution in [0.2, 0.25) is 0 Å². The maximum atomic E-state index is 13.9. The number of carbonyl (C=O) groups is 1. The number of rotatable bonds is 6. The number of ether oxygens (including phenoxy) is 1. The largest absolute Gasteiger partial charge is 0.495 e. The van der Waals surface area contributed by atoms with Crippen LogP contribution >= 0.6 is 0 Å². The van der Waals surface area contributed by atoms with Gasteiger partial charge in [0.25, 0.3) is 15.9 Å². The Bertz CT molecular complexity index is 1240. The van der Waals surface area contributed by atoms with E-state index < -0.39 is 20.7 Å². The number of hydrogen-bond donors (Lipinski definition) is 1. The van der Waals surface area contributed by atoms with E-state index in [1.165, 1.54) is 30.3 Å². The second kappa shape index (κ2) is 9.50. The lowest BCUT2D eigenvalue weighted by molar-refractivity contribution is 0.0746. The van der Waals surface area contributed by atoms with E-state index in [-0.39, 0.29) is 11.6 Å². The van der Waals surface area contributed by atoms with E-state index in [0.717, 1.165) is 17.5 Å². The summed E-state index contributed by atoms with van der Waals surface area (Å²) in [6.45, 7) is 2.45. The third kappa shape index (κ3) is 4.93. The first-order valence-electron chi connectivity index (χ1n) is 10.4. The molecule has 4 rings (SSSR count). The molecule has 1 aliphatic rings. The molecule has 7 nitrogen and oxygen atoms in total. The number of anilines is 2. The Morgan fingerprint density at radius 3 is 2.21 bits per heavy atom. The summed E-state index contributed by atoms with van der Waals surface area (Å²) in [6, 6.07) is 19.1. The molecule has 0 radical (unpaired) electrons. The molecule has 1 heterocycles. The van der Waals surface area contributed by atoms with Crippen LogP contribution in [0.1, 0.15) is 10.4 Å². The van der Waals surface area contributed by atoms with Gasteiger partial charge in [-0.1, -0.05) is 24.3 Å². The lowest BCUT2D eigenvalue weighted by atomic mass is 10.1. The lowest BCUT2D eigenvalue weighted by Crippen LogP contribution is -2.48. The van der Waals surface area contributed by atoms with Crippen LogP contribution in [0.15, 0.2) is 77.7 Å². The molecule has 0 saturated carbocycles. The van der Waals surface area contributed by atoms with Crippen LogP contribution in [0.5, 0.6) is 5.75 Å². The molecule has 1 N–H and O–H groups in total. The molecule has 0 unspecified atom stereocenters. The molecule has 1 amide bonds. The number of carbonyl (C=O) groups excluding carboxylic acids is 1. The molecule has 33 heavy (non-hydrogen) atoms. The predicted molar refractivity (Wildman–Crippen MR) is 125 cm³/mol. The molecule has 0 aromatic heterocycles. The highest BCUT2D eigenvalue weighted by atomic mass is 32.2. The fraction of sp³-hybridized carbons (Fsp3) is 0.208. The van der Waals surface area contributed by atoms with Crippen molar-refractivity contribution in [2.75, 3.05) is 42.9 Å². The molecule has 9 heteroatoms. The fourth-order valence-corrected chi connectivity index (χ4v) is 4.92. The van der Waals surface area contributed by atoms with Crippen molar-refractivity contribution in [1.82, 2.24) is 4.90 Å². The van der Waals surface area contributed by atoms with Gasteiger partial charge in [0, 0.05) is 37.4 Å². The number of benzene rings is 3. The van der Waals surface area contributed by atoms with Crippen LogP contribution < -0.4 is 14.4 Å². The normalized spacial score (nSPS) is 14.1. The van der Waals surface area contributed by atoms with E-state index in [2.05, 4.69) is 9.62 Å². The zero-order chi connectivity index (χ0) is 23.4. The number of methoxy groups -OCH3 is 1. The van der Waals surface area contributed by atoms with E-state index in [4.69, 9.17) is 4.74 Å². The minimum atomic E-state index is -4.07. The van der Waals surface area contributed by atoms with Gasteiger partial charge in [-0.15, -0.1) is 0 Å². The monoisotopic (exact) mass is 469 g/mol. The van der Waals surface area contributed by atoms with Crippen molar-refractivity contribution in [3.8, 4) is 5.75 Å². The standard InChI is InChI=1S/C24H24FN3O4S/c1-32-22-8-4-3-7-21(22)27-14-16-28(17-15-27)24(29)18-10-12-19(13-11-18)26-33(30,31)23-9-5-2-6-20(23)25/h2-13,26H,14-17H2,1H3.